The largest absolute Gasteiger partial charge is 0.366 e. The van der Waals surface area contributed by atoms with Crippen molar-refractivity contribution in [1.29, 1.82) is 5.26 Å². The molecular formula is C15H14FN3. The zero-order valence-corrected chi connectivity index (χ0v) is 10.7. The van der Waals surface area contributed by atoms with Gasteiger partial charge in [0.15, 0.2) is 0 Å². The van der Waals surface area contributed by atoms with Gasteiger partial charge in [0.1, 0.15) is 17.6 Å². The number of pyridine rings is 1. The summed E-state index contributed by atoms with van der Waals surface area (Å²) in [6, 6.07) is 12.1. The second-order valence-electron chi connectivity index (χ2n) is 4.16. The third kappa shape index (κ3) is 3.29. The van der Waals surface area contributed by atoms with Crippen LogP contribution in [0.1, 0.15) is 18.2 Å². The normalized spacial score (nSPS) is 9.95. The minimum atomic E-state index is -0.230. The van der Waals surface area contributed by atoms with Crippen molar-refractivity contribution in [2.75, 3.05) is 11.4 Å². The van der Waals surface area contributed by atoms with E-state index in [-0.39, 0.29) is 5.82 Å². The third-order valence-corrected chi connectivity index (χ3v) is 2.87. The van der Waals surface area contributed by atoms with Gasteiger partial charge >= 0.3 is 0 Å². The molecule has 0 amide bonds. The molecule has 0 saturated carbocycles. The van der Waals surface area contributed by atoms with Crippen LogP contribution in [0, 0.1) is 17.1 Å². The number of nitriles is 1. The number of anilines is 1. The van der Waals surface area contributed by atoms with Gasteiger partial charge in [-0.25, -0.2) is 9.37 Å². The molecule has 0 N–H and O–H groups in total. The first-order valence-electron chi connectivity index (χ1n) is 6.08. The van der Waals surface area contributed by atoms with Crippen LogP contribution in [0.5, 0.6) is 0 Å². The molecule has 0 unspecified atom stereocenters. The van der Waals surface area contributed by atoms with E-state index in [0.717, 1.165) is 17.8 Å². The van der Waals surface area contributed by atoms with Crippen LogP contribution in [-0.2, 0) is 6.54 Å². The SMILES string of the molecule is CCN(Cc1cccc(F)c1)c1ccc(C#N)nc1. The predicted molar refractivity (Wildman–Crippen MR) is 72.1 cm³/mol. The molecule has 4 heteroatoms. The number of halogens is 1. The van der Waals surface area contributed by atoms with Crippen molar-refractivity contribution in [1.82, 2.24) is 4.98 Å². The van der Waals surface area contributed by atoms with Crippen LogP contribution in [0.15, 0.2) is 42.6 Å². The van der Waals surface area contributed by atoms with E-state index in [9.17, 15) is 4.39 Å². The second-order valence-corrected chi connectivity index (χ2v) is 4.16. The fraction of sp³-hybridized carbons (Fsp3) is 0.200. The zero-order chi connectivity index (χ0) is 13.7. The molecule has 19 heavy (non-hydrogen) atoms. The summed E-state index contributed by atoms with van der Waals surface area (Å²) < 4.78 is 13.2. The van der Waals surface area contributed by atoms with E-state index in [4.69, 9.17) is 5.26 Å². The molecule has 0 aliphatic rings. The van der Waals surface area contributed by atoms with Gasteiger partial charge in [-0.1, -0.05) is 12.1 Å². The number of benzene rings is 1. The van der Waals surface area contributed by atoms with Crippen LogP contribution in [0.4, 0.5) is 10.1 Å². The first-order chi connectivity index (χ1) is 9.22. The molecule has 1 aromatic heterocycles. The Kier molecular flexibility index (Phi) is 4.09. The lowest BCUT2D eigenvalue weighted by Crippen LogP contribution is -2.22. The lowest BCUT2D eigenvalue weighted by Gasteiger charge is -2.22. The summed E-state index contributed by atoms with van der Waals surface area (Å²) in [5.74, 6) is -0.230. The predicted octanol–water partition coefficient (Wildman–Crippen LogP) is 3.12. The van der Waals surface area contributed by atoms with Crippen molar-refractivity contribution < 1.29 is 4.39 Å². The highest BCUT2D eigenvalue weighted by molar-refractivity contribution is 5.46. The van der Waals surface area contributed by atoms with Gasteiger partial charge in [-0.2, -0.15) is 5.26 Å². The van der Waals surface area contributed by atoms with Crippen molar-refractivity contribution in [2.24, 2.45) is 0 Å². The molecule has 0 saturated heterocycles. The fourth-order valence-electron chi connectivity index (χ4n) is 1.88. The summed E-state index contributed by atoms with van der Waals surface area (Å²) in [7, 11) is 0. The van der Waals surface area contributed by atoms with Crippen LogP contribution >= 0.6 is 0 Å². The highest BCUT2D eigenvalue weighted by Crippen LogP contribution is 2.16. The van der Waals surface area contributed by atoms with E-state index in [1.807, 2.05) is 25.1 Å². The molecule has 1 heterocycles. The van der Waals surface area contributed by atoms with Gasteiger partial charge < -0.3 is 4.90 Å². The molecule has 0 fully saturated rings. The number of rotatable bonds is 4. The molecule has 96 valence electrons. The van der Waals surface area contributed by atoms with Gasteiger partial charge in [0.25, 0.3) is 0 Å². The Morgan fingerprint density at radius 3 is 2.74 bits per heavy atom. The first kappa shape index (κ1) is 13.0. The Labute approximate surface area is 111 Å². The number of nitrogens with zero attached hydrogens (tertiary/aromatic N) is 3. The molecule has 3 nitrogen and oxygen atoms in total. The number of hydrogen-bond donors (Lipinski definition) is 0. The Balaban J connectivity index is 2.18. The molecular weight excluding hydrogens is 241 g/mol. The molecule has 1 aromatic carbocycles. The Hall–Kier alpha value is -2.41. The van der Waals surface area contributed by atoms with E-state index in [1.54, 1.807) is 18.3 Å². The van der Waals surface area contributed by atoms with Crippen LogP contribution < -0.4 is 4.90 Å². The highest BCUT2D eigenvalue weighted by atomic mass is 19.1. The van der Waals surface area contributed by atoms with Gasteiger partial charge in [0, 0.05) is 13.1 Å². The molecule has 0 bridgehead atoms. The van der Waals surface area contributed by atoms with Crippen molar-refractivity contribution in [3.05, 3.63) is 59.7 Å². The van der Waals surface area contributed by atoms with Gasteiger partial charge in [0.05, 0.1) is 11.9 Å². The maximum absolute atomic E-state index is 13.2. The minimum Gasteiger partial charge on any atom is -0.366 e. The number of aromatic nitrogens is 1. The summed E-state index contributed by atoms with van der Waals surface area (Å²) in [6.07, 6.45) is 1.67. The van der Waals surface area contributed by atoms with Gasteiger partial charge in [-0.15, -0.1) is 0 Å². The maximum atomic E-state index is 13.2. The Morgan fingerprint density at radius 2 is 2.16 bits per heavy atom. The van der Waals surface area contributed by atoms with Crippen molar-refractivity contribution >= 4 is 5.69 Å². The van der Waals surface area contributed by atoms with Crippen LogP contribution in [0.3, 0.4) is 0 Å². The van der Waals surface area contributed by atoms with E-state index in [2.05, 4.69) is 9.88 Å². The molecule has 2 rings (SSSR count). The summed E-state index contributed by atoms with van der Waals surface area (Å²) in [6.45, 7) is 3.42. The Bertz CT molecular complexity index is 587. The molecule has 0 atom stereocenters. The quantitative estimate of drug-likeness (QED) is 0.842. The lowest BCUT2D eigenvalue weighted by atomic mass is 10.2. The monoisotopic (exact) mass is 255 g/mol. The average molecular weight is 255 g/mol. The second kappa shape index (κ2) is 5.96. The van der Waals surface area contributed by atoms with Crippen molar-refractivity contribution in [3.63, 3.8) is 0 Å². The third-order valence-electron chi connectivity index (χ3n) is 2.87. The fourth-order valence-corrected chi connectivity index (χ4v) is 1.88. The van der Waals surface area contributed by atoms with E-state index >= 15 is 0 Å². The molecule has 0 spiro atoms. The topological polar surface area (TPSA) is 39.9 Å². The van der Waals surface area contributed by atoms with E-state index in [1.165, 1.54) is 12.1 Å². The minimum absolute atomic E-state index is 0.230. The number of hydrogen-bond acceptors (Lipinski definition) is 3. The molecule has 0 radical (unpaired) electrons. The summed E-state index contributed by atoms with van der Waals surface area (Å²) in [4.78, 5) is 6.12. The van der Waals surface area contributed by atoms with Crippen molar-refractivity contribution in [2.45, 2.75) is 13.5 Å². The van der Waals surface area contributed by atoms with Crippen LogP contribution in [0.25, 0.3) is 0 Å². The molecule has 0 aliphatic carbocycles. The Morgan fingerprint density at radius 1 is 1.32 bits per heavy atom. The summed E-state index contributed by atoms with van der Waals surface area (Å²) >= 11 is 0. The smallest absolute Gasteiger partial charge is 0.140 e. The first-order valence-corrected chi connectivity index (χ1v) is 6.08. The van der Waals surface area contributed by atoms with E-state index in [0.29, 0.717) is 12.2 Å². The van der Waals surface area contributed by atoms with E-state index < -0.39 is 0 Å². The van der Waals surface area contributed by atoms with Gasteiger partial charge in [-0.3, -0.25) is 0 Å². The van der Waals surface area contributed by atoms with Gasteiger partial charge in [0.2, 0.25) is 0 Å². The molecule has 2 aromatic rings. The zero-order valence-electron chi connectivity index (χ0n) is 10.7. The average Bonchev–Trinajstić information content (AvgIpc) is 2.45. The lowest BCUT2D eigenvalue weighted by molar-refractivity contribution is 0.624. The van der Waals surface area contributed by atoms with Gasteiger partial charge in [-0.05, 0) is 36.8 Å². The highest BCUT2D eigenvalue weighted by Gasteiger charge is 2.06. The van der Waals surface area contributed by atoms with Crippen molar-refractivity contribution in [3.8, 4) is 6.07 Å². The standard InChI is InChI=1S/C15H14FN3/c1-2-19(11-12-4-3-5-13(16)8-12)15-7-6-14(9-17)18-10-15/h3-8,10H,2,11H2,1H3. The summed E-state index contributed by atoms with van der Waals surface area (Å²) in [5.41, 5.74) is 2.22. The molecule has 0 aliphatic heterocycles. The van der Waals surface area contributed by atoms with Crippen LogP contribution in [0.2, 0.25) is 0 Å². The summed E-state index contributed by atoms with van der Waals surface area (Å²) in [5, 5.41) is 8.72. The maximum Gasteiger partial charge on any atom is 0.140 e. The van der Waals surface area contributed by atoms with Crippen LogP contribution in [-0.4, -0.2) is 11.5 Å².